The molecule has 0 aromatic heterocycles. The minimum atomic E-state index is -0.537. The highest BCUT2D eigenvalue weighted by atomic mass is 16.6. The summed E-state index contributed by atoms with van der Waals surface area (Å²) in [5, 5.41) is 1.26. The second-order valence-corrected chi connectivity index (χ2v) is 6.39. The minimum Gasteiger partial charge on any atom is -0.443 e. The molecule has 24 heavy (non-hydrogen) atoms. The Morgan fingerprint density at radius 2 is 1.71 bits per heavy atom. The van der Waals surface area contributed by atoms with E-state index in [1.165, 1.54) is 5.01 Å². The third kappa shape index (κ3) is 2.77. The zero-order chi connectivity index (χ0) is 16.5. The van der Waals surface area contributed by atoms with Crippen LogP contribution in [0.4, 0.5) is 4.79 Å². The summed E-state index contributed by atoms with van der Waals surface area (Å²) in [6.45, 7) is 0.259. The zero-order valence-electron chi connectivity index (χ0n) is 13.2. The number of hydrogen-bond donors (Lipinski definition) is 0. The average molecular weight is 323 g/mol. The van der Waals surface area contributed by atoms with Crippen LogP contribution in [0.1, 0.15) is 23.5 Å². The van der Waals surface area contributed by atoms with Crippen LogP contribution in [0.25, 0.3) is 0 Å². The number of carbonyl (C=O) groups is 1. The quantitative estimate of drug-likeness (QED) is 0.793. The van der Waals surface area contributed by atoms with Gasteiger partial charge in [-0.3, -0.25) is 0 Å². The maximum absolute atomic E-state index is 12.7. The van der Waals surface area contributed by atoms with Crippen molar-refractivity contribution in [3.05, 3.63) is 76.7 Å². The van der Waals surface area contributed by atoms with Crippen molar-refractivity contribution < 1.29 is 14.4 Å². The van der Waals surface area contributed by atoms with E-state index in [2.05, 4.69) is 0 Å². The maximum Gasteiger partial charge on any atom is 0.467 e. The largest absolute Gasteiger partial charge is 0.467 e. The molecule has 2 aromatic rings. The molecule has 0 radical (unpaired) electrons. The van der Waals surface area contributed by atoms with Gasteiger partial charge in [-0.15, -0.1) is 0 Å². The Labute approximate surface area is 140 Å². The molecule has 3 unspecified atom stereocenters. The molecule has 2 fully saturated rings. The van der Waals surface area contributed by atoms with Crippen LogP contribution in [-0.4, -0.2) is 34.7 Å². The molecule has 0 bridgehead atoms. The highest BCUT2D eigenvalue weighted by Crippen LogP contribution is 2.44. The number of nitrogens with zero attached hydrogens (tertiary/aromatic N) is 2. The van der Waals surface area contributed by atoms with Gasteiger partial charge in [0.15, 0.2) is 0 Å². The Balaban J connectivity index is 1.47. The van der Waals surface area contributed by atoms with Crippen LogP contribution in [0.15, 0.2) is 60.7 Å². The second-order valence-electron chi connectivity index (χ2n) is 6.39. The minimum absolute atomic E-state index is 0.184. The Bertz CT molecular complexity index is 748. The maximum atomic E-state index is 12.7. The molecule has 1 heterocycles. The van der Waals surface area contributed by atoms with Crippen molar-refractivity contribution in [3.63, 3.8) is 0 Å². The molecule has 1 amide bonds. The SMILES string of the molecule is O=C1OCC(Cc2ccccc2)N1[N+](=O)C1CC1c1ccccc1. The van der Waals surface area contributed by atoms with Crippen molar-refractivity contribution in [3.8, 4) is 0 Å². The summed E-state index contributed by atoms with van der Waals surface area (Å²) in [5.74, 6) is 0.189. The van der Waals surface area contributed by atoms with Gasteiger partial charge in [-0.25, -0.2) is 4.79 Å². The number of ether oxygens (including phenoxy) is 1. The molecule has 1 saturated heterocycles. The van der Waals surface area contributed by atoms with Gasteiger partial charge in [-0.05, 0) is 16.1 Å². The Kier molecular flexibility index (Phi) is 3.76. The zero-order valence-corrected chi connectivity index (χ0v) is 13.2. The van der Waals surface area contributed by atoms with E-state index in [1.54, 1.807) is 0 Å². The van der Waals surface area contributed by atoms with Crippen LogP contribution in [0.3, 0.4) is 0 Å². The third-order valence-electron chi connectivity index (χ3n) is 4.73. The fraction of sp³-hybridized carbons (Fsp3) is 0.316. The molecular weight excluding hydrogens is 304 g/mol. The first-order valence-electron chi connectivity index (χ1n) is 8.25. The molecule has 122 valence electrons. The van der Waals surface area contributed by atoms with Crippen LogP contribution in [0.5, 0.6) is 0 Å². The van der Waals surface area contributed by atoms with Gasteiger partial charge in [-0.1, -0.05) is 60.7 Å². The van der Waals surface area contributed by atoms with Gasteiger partial charge < -0.3 is 4.74 Å². The Morgan fingerprint density at radius 1 is 1.04 bits per heavy atom. The lowest BCUT2D eigenvalue weighted by atomic mass is 10.1. The van der Waals surface area contributed by atoms with E-state index in [1.807, 2.05) is 60.7 Å². The number of hydrazine groups is 1. The van der Waals surface area contributed by atoms with Gasteiger partial charge in [0, 0.05) is 12.8 Å². The highest BCUT2D eigenvalue weighted by molar-refractivity contribution is 5.68. The van der Waals surface area contributed by atoms with E-state index in [9.17, 15) is 9.70 Å². The summed E-state index contributed by atoms with van der Waals surface area (Å²) in [5.41, 5.74) is 2.24. The number of amides is 1. The summed E-state index contributed by atoms with van der Waals surface area (Å²) < 4.78 is 5.14. The van der Waals surface area contributed by atoms with Crippen molar-refractivity contribution in [2.24, 2.45) is 0 Å². The summed E-state index contributed by atoms with van der Waals surface area (Å²) in [4.78, 5) is 25.6. The van der Waals surface area contributed by atoms with E-state index < -0.39 is 6.09 Å². The third-order valence-corrected chi connectivity index (χ3v) is 4.73. The first-order chi connectivity index (χ1) is 11.7. The molecule has 5 nitrogen and oxygen atoms in total. The molecule has 5 heteroatoms. The van der Waals surface area contributed by atoms with Gasteiger partial charge in [0.25, 0.3) is 0 Å². The normalized spacial score (nSPS) is 25.4. The van der Waals surface area contributed by atoms with Gasteiger partial charge >= 0.3 is 6.09 Å². The first-order valence-corrected chi connectivity index (χ1v) is 8.25. The van der Waals surface area contributed by atoms with E-state index in [0.29, 0.717) is 6.42 Å². The lowest BCUT2D eigenvalue weighted by molar-refractivity contribution is -0.703. The van der Waals surface area contributed by atoms with Gasteiger partial charge in [-0.2, -0.15) is 0 Å². The predicted octanol–water partition coefficient (Wildman–Crippen LogP) is 3.30. The molecule has 3 atom stereocenters. The van der Waals surface area contributed by atoms with E-state index in [0.717, 1.165) is 22.4 Å². The summed E-state index contributed by atoms with van der Waals surface area (Å²) in [7, 11) is 0. The molecule has 2 aromatic carbocycles. The molecule has 0 spiro atoms. The lowest BCUT2D eigenvalue weighted by Gasteiger charge is -2.12. The lowest BCUT2D eigenvalue weighted by Crippen LogP contribution is -2.43. The average Bonchev–Trinajstić information content (AvgIpc) is 3.35. The van der Waals surface area contributed by atoms with Crippen LogP contribution in [0.2, 0.25) is 0 Å². The van der Waals surface area contributed by atoms with Crippen LogP contribution >= 0.6 is 0 Å². The van der Waals surface area contributed by atoms with Crippen molar-refractivity contribution in [1.29, 1.82) is 0 Å². The standard InChI is InChI=1S/C19H19N2O3/c22-19-20(16(13-24-19)11-14-7-3-1-4-8-14)21(23)18-12-17(18)15-9-5-2-6-10-15/h1-10,16-18H,11-13H2/q+1. The molecule has 0 N–H and O–H groups in total. The van der Waals surface area contributed by atoms with E-state index in [-0.39, 0.29) is 24.6 Å². The smallest absolute Gasteiger partial charge is 0.443 e. The Hall–Kier alpha value is -2.69. The molecule has 1 aliphatic heterocycles. The van der Waals surface area contributed by atoms with Gasteiger partial charge in [0.1, 0.15) is 17.5 Å². The van der Waals surface area contributed by atoms with E-state index >= 15 is 0 Å². The second kappa shape index (κ2) is 6.07. The Morgan fingerprint density at radius 3 is 2.42 bits per heavy atom. The number of hydrogen-bond acceptors (Lipinski definition) is 3. The molecule has 2 aliphatic rings. The number of carbonyl (C=O) groups excluding carboxylic acids is 1. The summed E-state index contributed by atoms with van der Waals surface area (Å²) in [6, 6.07) is 19.4. The monoisotopic (exact) mass is 323 g/mol. The number of cyclic esters (lactones) is 1. The van der Waals surface area contributed by atoms with Crippen molar-refractivity contribution in [2.45, 2.75) is 30.8 Å². The fourth-order valence-corrected chi connectivity index (χ4v) is 3.37. The molecule has 4 rings (SSSR count). The van der Waals surface area contributed by atoms with Crippen LogP contribution < -0.4 is 0 Å². The van der Waals surface area contributed by atoms with Crippen LogP contribution in [-0.2, 0) is 11.2 Å². The number of nitroso groups, excluding NO2 is 1. The predicted molar refractivity (Wildman–Crippen MR) is 88.3 cm³/mol. The van der Waals surface area contributed by atoms with Gasteiger partial charge in [0.05, 0.1) is 10.8 Å². The van der Waals surface area contributed by atoms with Crippen molar-refractivity contribution in [1.82, 2.24) is 5.01 Å². The highest BCUT2D eigenvalue weighted by Gasteiger charge is 2.58. The summed E-state index contributed by atoms with van der Waals surface area (Å²) >= 11 is 0. The van der Waals surface area contributed by atoms with Crippen molar-refractivity contribution >= 4 is 6.09 Å². The summed E-state index contributed by atoms with van der Waals surface area (Å²) in [6.07, 6.45) is 0.855. The van der Waals surface area contributed by atoms with Crippen molar-refractivity contribution in [2.75, 3.05) is 6.61 Å². The number of rotatable bonds is 5. The molecule has 1 saturated carbocycles. The van der Waals surface area contributed by atoms with E-state index in [4.69, 9.17) is 4.74 Å². The number of benzene rings is 2. The van der Waals surface area contributed by atoms with Gasteiger partial charge in [0.2, 0.25) is 6.04 Å². The first kappa shape index (κ1) is 14.9. The van der Waals surface area contributed by atoms with Crippen LogP contribution in [0, 0.1) is 4.91 Å². The molecule has 1 aliphatic carbocycles. The topological polar surface area (TPSA) is 49.6 Å². The molecular formula is C19H19N2O3+. The fourth-order valence-electron chi connectivity index (χ4n) is 3.37.